The van der Waals surface area contributed by atoms with Crippen molar-refractivity contribution in [2.75, 3.05) is 20.3 Å². The van der Waals surface area contributed by atoms with E-state index in [1.54, 1.807) is 0 Å². The molecule has 0 aromatic carbocycles. The lowest BCUT2D eigenvalue weighted by molar-refractivity contribution is 1.53. The van der Waals surface area contributed by atoms with Gasteiger partial charge in [0.15, 0.2) is 0 Å². The minimum atomic E-state index is -1.08. The summed E-state index contributed by atoms with van der Waals surface area (Å²) in [6, 6.07) is 0. The first-order valence-electron chi connectivity index (χ1n) is 4.83. The molecule has 0 spiro atoms. The molecule has 0 N–H and O–H groups in total. The van der Waals surface area contributed by atoms with Crippen molar-refractivity contribution < 1.29 is 0 Å². The van der Waals surface area contributed by atoms with Crippen LogP contribution in [-0.4, -0.2) is 36.8 Å². The van der Waals surface area contributed by atoms with E-state index < -0.39 is 8.07 Å². The quantitative estimate of drug-likeness (QED) is 0.668. The molecule has 0 aliphatic carbocycles. The summed E-state index contributed by atoms with van der Waals surface area (Å²) in [5.74, 6) is 0. The van der Waals surface area contributed by atoms with Gasteiger partial charge in [-0.3, -0.25) is 0 Å². The first kappa shape index (κ1) is 13.7. The largest absolute Gasteiger partial charge is 0.140 e. The molecule has 0 nitrogen and oxygen atoms in total. The Labute approximate surface area is 119 Å². The molecule has 0 saturated carbocycles. The van der Waals surface area contributed by atoms with Crippen LogP contribution in [0.1, 0.15) is 0 Å². The molecule has 0 bridgehead atoms. The Hall–Kier alpha value is 2.32. The van der Waals surface area contributed by atoms with Crippen molar-refractivity contribution >= 4 is 78.6 Å². The maximum Gasteiger partial charge on any atom is 0.100 e. The lowest BCUT2D eigenvalue weighted by Crippen LogP contribution is -2.48. The average Bonchev–Trinajstić information content (AvgIpc) is 2.31. The predicted octanol–water partition coefficient (Wildman–Crippen LogP) is 4.68. The summed E-state index contributed by atoms with van der Waals surface area (Å²) in [7, 11) is -1.08. The van der Waals surface area contributed by atoms with Gasteiger partial charge < -0.3 is 0 Å². The van der Waals surface area contributed by atoms with Gasteiger partial charge in [-0.05, 0) is 0 Å². The summed E-state index contributed by atoms with van der Waals surface area (Å²) in [5, 5.41) is 5.30. The summed E-state index contributed by atoms with van der Waals surface area (Å²) in [6.45, 7) is 5.21. The standard InChI is InChI=1S/C8H16S6Si/c1-15(2,7-11-3-9-4-12-7)8-13-5-10-6-14-8/h7-8H,3-6H2,1-2H3. The fourth-order valence-electron chi connectivity index (χ4n) is 1.57. The molecule has 2 aliphatic rings. The number of rotatable bonds is 2. The van der Waals surface area contributed by atoms with Crippen LogP contribution in [0.3, 0.4) is 0 Å². The third-order valence-corrected chi connectivity index (χ3v) is 21.8. The van der Waals surface area contributed by atoms with Crippen LogP contribution in [0.2, 0.25) is 13.1 Å². The first-order chi connectivity index (χ1) is 7.21. The first-order valence-corrected chi connectivity index (χ1v) is 14.5. The van der Waals surface area contributed by atoms with Crippen molar-refractivity contribution in [3.63, 3.8) is 0 Å². The summed E-state index contributed by atoms with van der Waals surface area (Å²) in [5.41, 5.74) is 0. The van der Waals surface area contributed by atoms with Gasteiger partial charge >= 0.3 is 0 Å². The van der Waals surface area contributed by atoms with Crippen molar-refractivity contribution in [2.24, 2.45) is 0 Å². The molecule has 15 heavy (non-hydrogen) atoms. The van der Waals surface area contributed by atoms with Crippen LogP contribution in [-0.2, 0) is 0 Å². The highest BCUT2D eigenvalue weighted by atomic mass is 32.3. The fourth-order valence-corrected chi connectivity index (χ4v) is 21.8. The minimum Gasteiger partial charge on any atom is -0.140 e. The Morgan fingerprint density at radius 1 is 0.733 bits per heavy atom. The van der Waals surface area contributed by atoms with E-state index in [0.717, 1.165) is 8.41 Å². The molecule has 2 saturated heterocycles. The van der Waals surface area contributed by atoms with E-state index in [-0.39, 0.29) is 0 Å². The second-order valence-corrected chi connectivity index (χ2v) is 18.9. The van der Waals surface area contributed by atoms with Crippen LogP contribution in [0.15, 0.2) is 0 Å². The molecule has 2 heterocycles. The SMILES string of the molecule is C[Si](C)(C1SCSCS1)C1SCSCS1. The lowest BCUT2D eigenvalue weighted by Gasteiger charge is -2.40. The zero-order chi connectivity index (χ0) is 10.7. The van der Waals surface area contributed by atoms with E-state index >= 15 is 0 Å². The fraction of sp³-hybridized carbons (Fsp3) is 1.00. The molecule has 2 rings (SSSR count). The zero-order valence-electron chi connectivity index (χ0n) is 8.93. The van der Waals surface area contributed by atoms with Crippen LogP contribution in [0.4, 0.5) is 0 Å². The summed E-state index contributed by atoms with van der Waals surface area (Å²) in [4.78, 5) is 0. The van der Waals surface area contributed by atoms with Crippen molar-refractivity contribution in [3.05, 3.63) is 0 Å². The normalized spacial score (nSPS) is 26.8. The molecule has 0 radical (unpaired) electrons. The van der Waals surface area contributed by atoms with Crippen LogP contribution in [0.25, 0.3) is 0 Å². The monoisotopic (exact) mass is 332 g/mol. The molecule has 88 valence electrons. The third-order valence-electron chi connectivity index (χ3n) is 2.43. The molecule has 2 aliphatic heterocycles. The van der Waals surface area contributed by atoms with Crippen LogP contribution >= 0.6 is 70.6 Å². The summed E-state index contributed by atoms with van der Waals surface area (Å²) >= 11 is 13.1. The Morgan fingerprint density at radius 2 is 1.07 bits per heavy atom. The van der Waals surface area contributed by atoms with Crippen LogP contribution in [0.5, 0.6) is 0 Å². The smallest absolute Gasteiger partial charge is 0.100 e. The number of hydrogen-bond acceptors (Lipinski definition) is 6. The van der Waals surface area contributed by atoms with Crippen LogP contribution < -0.4 is 0 Å². The summed E-state index contributed by atoms with van der Waals surface area (Å²) < 4.78 is 1.87. The highest BCUT2D eigenvalue weighted by Crippen LogP contribution is 2.49. The topological polar surface area (TPSA) is 0 Å². The molecule has 0 aromatic heterocycles. The Balaban J connectivity index is 1.96. The zero-order valence-corrected chi connectivity index (χ0v) is 14.8. The van der Waals surface area contributed by atoms with Gasteiger partial charge in [0.05, 0.1) is 0 Å². The second kappa shape index (κ2) is 6.47. The van der Waals surface area contributed by atoms with Gasteiger partial charge in [-0.1, -0.05) is 13.1 Å². The minimum absolute atomic E-state index is 0.937. The van der Waals surface area contributed by atoms with Gasteiger partial charge in [0.1, 0.15) is 8.07 Å². The molecule has 2 fully saturated rings. The van der Waals surface area contributed by atoms with Crippen molar-refractivity contribution in [1.29, 1.82) is 0 Å². The highest BCUT2D eigenvalue weighted by molar-refractivity contribution is 8.36. The Bertz CT molecular complexity index is 179. The van der Waals surface area contributed by atoms with Gasteiger partial charge in [-0.25, -0.2) is 0 Å². The van der Waals surface area contributed by atoms with Gasteiger partial charge in [0, 0.05) is 28.8 Å². The molecule has 0 unspecified atom stereocenters. The van der Waals surface area contributed by atoms with E-state index in [9.17, 15) is 0 Å². The predicted molar refractivity (Wildman–Crippen MR) is 90.1 cm³/mol. The van der Waals surface area contributed by atoms with Crippen molar-refractivity contribution in [2.45, 2.75) is 21.5 Å². The summed E-state index contributed by atoms with van der Waals surface area (Å²) in [6.07, 6.45) is 0. The molecule has 0 atom stereocenters. The lowest BCUT2D eigenvalue weighted by atomic mass is 11.7. The number of hydrogen-bond donors (Lipinski definition) is 0. The molecule has 0 amide bonds. The van der Waals surface area contributed by atoms with E-state index in [1.807, 2.05) is 0 Å². The second-order valence-electron chi connectivity index (χ2n) is 4.03. The number of thioether (sulfide) groups is 6. The van der Waals surface area contributed by atoms with Gasteiger partial charge in [0.25, 0.3) is 0 Å². The Morgan fingerprint density at radius 3 is 1.40 bits per heavy atom. The van der Waals surface area contributed by atoms with E-state index in [2.05, 4.69) is 83.7 Å². The van der Waals surface area contributed by atoms with E-state index in [4.69, 9.17) is 0 Å². The molecule has 7 heteroatoms. The van der Waals surface area contributed by atoms with Crippen molar-refractivity contribution in [1.82, 2.24) is 0 Å². The third kappa shape index (κ3) is 3.64. The average molecular weight is 333 g/mol. The molecular weight excluding hydrogens is 317 g/mol. The van der Waals surface area contributed by atoms with Crippen molar-refractivity contribution in [3.8, 4) is 0 Å². The maximum atomic E-state index is 2.61. The van der Waals surface area contributed by atoms with Crippen LogP contribution in [0, 0.1) is 0 Å². The maximum absolute atomic E-state index is 2.61. The Kier molecular flexibility index (Phi) is 5.93. The van der Waals surface area contributed by atoms with Gasteiger partial charge in [0.2, 0.25) is 0 Å². The van der Waals surface area contributed by atoms with E-state index in [0.29, 0.717) is 0 Å². The van der Waals surface area contributed by atoms with Gasteiger partial charge in [-0.15, -0.1) is 70.6 Å². The van der Waals surface area contributed by atoms with Gasteiger partial charge in [-0.2, -0.15) is 0 Å². The molecular formula is C8H16S6Si. The molecule has 0 aromatic rings. The van der Waals surface area contributed by atoms with E-state index in [1.165, 1.54) is 20.3 Å². The highest BCUT2D eigenvalue weighted by Gasteiger charge is 2.42.